The summed E-state index contributed by atoms with van der Waals surface area (Å²) in [5.41, 5.74) is 6.36. The Labute approximate surface area is 192 Å². The van der Waals surface area contributed by atoms with E-state index >= 15 is 0 Å². The fraction of sp³-hybridized carbons (Fsp3) is 0.333. The average molecular weight is 447 g/mol. The highest BCUT2D eigenvalue weighted by Gasteiger charge is 2.19. The van der Waals surface area contributed by atoms with Crippen LogP contribution in [-0.4, -0.2) is 33.8 Å². The molecule has 1 amide bonds. The fourth-order valence-electron chi connectivity index (χ4n) is 4.13. The van der Waals surface area contributed by atoms with Crippen LogP contribution in [0.1, 0.15) is 40.9 Å². The predicted molar refractivity (Wildman–Crippen MR) is 128 cm³/mol. The molecule has 1 aliphatic rings. The minimum Gasteiger partial charge on any atom is -0.347 e. The van der Waals surface area contributed by atoms with Crippen molar-refractivity contribution in [3.8, 4) is 11.8 Å². The normalized spacial score (nSPS) is 14.0. The molecule has 0 unspecified atom stereocenters. The molecule has 8 heteroatoms. The third-order valence-electron chi connectivity index (χ3n) is 5.74. The van der Waals surface area contributed by atoms with Gasteiger partial charge in [0.1, 0.15) is 11.6 Å². The van der Waals surface area contributed by atoms with E-state index < -0.39 is 5.91 Å². The van der Waals surface area contributed by atoms with E-state index in [4.69, 9.17) is 0 Å². The first-order chi connectivity index (χ1) is 15.4. The van der Waals surface area contributed by atoms with Gasteiger partial charge in [0.25, 0.3) is 5.91 Å². The van der Waals surface area contributed by atoms with E-state index in [0.29, 0.717) is 5.13 Å². The average Bonchev–Trinajstić information content (AvgIpc) is 3.48. The molecule has 2 aromatic heterocycles. The highest BCUT2D eigenvalue weighted by atomic mass is 32.1. The van der Waals surface area contributed by atoms with E-state index in [1.165, 1.54) is 22.5 Å². The quantitative estimate of drug-likeness (QED) is 0.453. The van der Waals surface area contributed by atoms with Crippen molar-refractivity contribution in [3.05, 3.63) is 57.9 Å². The second kappa shape index (κ2) is 8.97. The number of rotatable bonds is 5. The number of nitriles is 1. The summed E-state index contributed by atoms with van der Waals surface area (Å²) in [7, 11) is 0. The summed E-state index contributed by atoms with van der Waals surface area (Å²) in [4.78, 5) is 14.9. The topological polar surface area (TPSA) is 86.8 Å². The van der Waals surface area contributed by atoms with Gasteiger partial charge in [-0.15, -0.1) is 10.2 Å². The molecule has 1 saturated heterocycles. The summed E-state index contributed by atoms with van der Waals surface area (Å²) in [5, 5.41) is 21.8. The Bertz CT molecular complexity index is 1240. The second-order valence-corrected chi connectivity index (χ2v) is 9.12. The van der Waals surface area contributed by atoms with Crippen LogP contribution < -0.4 is 10.2 Å². The molecular weight excluding hydrogens is 420 g/mol. The van der Waals surface area contributed by atoms with Crippen LogP contribution >= 0.6 is 11.3 Å². The van der Waals surface area contributed by atoms with Crippen LogP contribution in [0.4, 0.5) is 10.3 Å². The van der Waals surface area contributed by atoms with Crippen molar-refractivity contribution in [2.75, 3.05) is 23.3 Å². The third-order valence-corrected chi connectivity index (χ3v) is 6.64. The van der Waals surface area contributed by atoms with Crippen LogP contribution in [0.15, 0.2) is 29.8 Å². The van der Waals surface area contributed by atoms with Crippen molar-refractivity contribution >= 4 is 33.6 Å². The van der Waals surface area contributed by atoms with E-state index in [1.54, 1.807) is 6.08 Å². The monoisotopic (exact) mass is 446 g/mol. The number of anilines is 2. The Morgan fingerprint density at radius 2 is 1.91 bits per heavy atom. The van der Waals surface area contributed by atoms with E-state index in [9.17, 15) is 10.1 Å². The van der Waals surface area contributed by atoms with E-state index in [-0.39, 0.29) is 5.57 Å². The Morgan fingerprint density at radius 1 is 1.16 bits per heavy atom. The SMILES string of the molecule is Cc1ccc(-n2c(C)cc(/C=C(/C#N)C(=O)Nc3nnc(N4CCCC4)s3)c2C)c(C)c1. The standard InChI is InChI=1S/C24H26N6OS/c1-15-7-8-21(16(2)11-15)30-17(3)12-19(18(30)4)13-20(14-25)22(31)26-23-27-28-24(32-23)29-9-5-6-10-29/h7-8,11-13H,5-6,9-10H2,1-4H3,(H,26,27,31)/b20-13-. The number of amides is 1. The Kier molecular flexibility index (Phi) is 6.10. The maximum Gasteiger partial charge on any atom is 0.268 e. The lowest BCUT2D eigenvalue weighted by Crippen LogP contribution is -2.17. The second-order valence-electron chi connectivity index (χ2n) is 8.16. The van der Waals surface area contributed by atoms with Crippen LogP contribution in [0.2, 0.25) is 0 Å². The zero-order valence-electron chi connectivity index (χ0n) is 18.8. The lowest BCUT2D eigenvalue weighted by molar-refractivity contribution is -0.112. The number of nitrogens with one attached hydrogen (secondary N) is 1. The summed E-state index contributed by atoms with van der Waals surface area (Å²) >= 11 is 1.33. The number of carbonyl (C=O) groups excluding carboxylic acids is 1. The first-order valence-corrected chi connectivity index (χ1v) is 11.5. The molecule has 0 radical (unpaired) electrons. The molecule has 0 atom stereocenters. The van der Waals surface area contributed by atoms with Crippen LogP contribution in [0.5, 0.6) is 0 Å². The van der Waals surface area contributed by atoms with Gasteiger partial charge in [-0.1, -0.05) is 29.0 Å². The van der Waals surface area contributed by atoms with Gasteiger partial charge in [0, 0.05) is 30.2 Å². The highest BCUT2D eigenvalue weighted by molar-refractivity contribution is 7.19. The molecule has 0 aliphatic carbocycles. The highest BCUT2D eigenvalue weighted by Crippen LogP contribution is 2.28. The molecule has 1 aliphatic heterocycles. The smallest absolute Gasteiger partial charge is 0.268 e. The van der Waals surface area contributed by atoms with E-state index in [2.05, 4.69) is 57.0 Å². The number of hydrogen-bond donors (Lipinski definition) is 1. The Hall–Kier alpha value is -3.44. The van der Waals surface area contributed by atoms with Crippen LogP contribution in [-0.2, 0) is 4.79 Å². The van der Waals surface area contributed by atoms with Crippen molar-refractivity contribution in [2.45, 2.75) is 40.5 Å². The first kappa shape index (κ1) is 21.8. The van der Waals surface area contributed by atoms with Gasteiger partial charge in [-0.05, 0) is 69.9 Å². The number of aromatic nitrogens is 3. The molecule has 1 fully saturated rings. The van der Waals surface area contributed by atoms with Crippen LogP contribution in [0, 0.1) is 39.0 Å². The van der Waals surface area contributed by atoms with Crippen molar-refractivity contribution in [3.63, 3.8) is 0 Å². The minimum absolute atomic E-state index is 0.0313. The molecule has 4 rings (SSSR count). The molecule has 32 heavy (non-hydrogen) atoms. The van der Waals surface area contributed by atoms with E-state index in [1.807, 2.05) is 26.0 Å². The van der Waals surface area contributed by atoms with Gasteiger partial charge in [-0.25, -0.2) is 0 Å². The molecule has 164 valence electrons. The summed E-state index contributed by atoms with van der Waals surface area (Å²) in [6, 6.07) is 10.4. The van der Waals surface area contributed by atoms with Gasteiger partial charge >= 0.3 is 0 Å². The van der Waals surface area contributed by atoms with Gasteiger partial charge in [-0.2, -0.15) is 5.26 Å². The van der Waals surface area contributed by atoms with Crippen molar-refractivity contribution in [1.82, 2.24) is 14.8 Å². The largest absolute Gasteiger partial charge is 0.347 e. The third kappa shape index (κ3) is 4.30. The van der Waals surface area contributed by atoms with Gasteiger partial charge in [-0.3, -0.25) is 10.1 Å². The zero-order chi connectivity index (χ0) is 22.8. The first-order valence-electron chi connectivity index (χ1n) is 10.7. The number of benzene rings is 1. The van der Waals surface area contributed by atoms with Gasteiger partial charge in [0.15, 0.2) is 0 Å². The maximum atomic E-state index is 12.8. The zero-order valence-corrected chi connectivity index (χ0v) is 19.6. The predicted octanol–water partition coefficient (Wildman–Crippen LogP) is 4.71. The number of aryl methyl sites for hydroxylation is 3. The molecule has 1 N–H and O–H groups in total. The number of hydrogen-bond acceptors (Lipinski definition) is 6. The van der Waals surface area contributed by atoms with Crippen LogP contribution in [0.25, 0.3) is 11.8 Å². The summed E-state index contributed by atoms with van der Waals surface area (Å²) in [6.45, 7) is 10.1. The molecule has 0 spiro atoms. The molecule has 3 aromatic rings. The Morgan fingerprint density at radius 3 is 2.59 bits per heavy atom. The van der Waals surface area contributed by atoms with E-state index in [0.717, 1.165) is 53.7 Å². The molecule has 1 aromatic carbocycles. The fourth-order valence-corrected chi connectivity index (χ4v) is 4.92. The molecule has 0 bridgehead atoms. The van der Waals surface area contributed by atoms with Gasteiger partial charge in [0.2, 0.25) is 10.3 Å². The summed E-state index contributed by atoms with van der Waals surface area (Å²) in [6.07, 6.45) is 3.92. The Balaban J connectivity index is 1.58. The number of nitrogens with zero attached hydrogens (tertiary/aromatic N) is 5. The van der Waals surface area contributed by atoms with Crippen molar-refractivity contribution < 1.29 is 4.79 Å². The molecule has 7 nitrogen and oxygen atoms in total. The summed E-state index contributed by atoms with van der Waals surface area (Å²) in [5.74, 6) is -0.479. The molecule has 0 saturated carbocycles. The summed E-state index contributed by atoms with van der Waals surface area (Å²) < 4.78 is 2.15. The van der Waals surface area contributed by atoms with Gasteiger partial charge in [0.05, 0.1) is 0 Å². The van der Waals surface area contributed by atoms with Crippen molar-refractivity contribution in [1.29, 1.82) is 5.26 Å². The minimum atomic E-state index is -0.479. The number of carbonyl (C=O) groups is 1. The lowest BCUT2D eigenvalue weighted by atomic mass is 10.1. The maximum absolute atomic E-state index is 12.8. The lowest BCUT2D eigenvalue weighted by Gasteiger charge is -2.13. The van der Waals surface area contributed by atoms with Crippen LogP contribution in [0.3, 0.4) is 0 Å². The molecule has 3 heterocycles. The van der Waals surface area contributed by atoms with Crippen molar-refractivity contribution in [2.24, 2.45) is 0 Å². The van der Waals surface area contributed by atoms with Gasteiger partial charge < -0.3 is 9.47 Å². The molecular formula is C24H26N6OS.